The van der Waals surface area contributed by atoms with Crippen molar-refractivity contribution in [3.8, 4) is 17.2 Å². The van der Waals surface area contributed by atoms with Gasteiger partial charge in [0.05, 0.1) is 6.54 Å². The maximum absolute atomic E-state index is 12.7. The predicted octanol–water partition coefficient (Wildman–Crippen LogP) is 3.08. The molecule has 1 aliphatic rings. The number of aliphatic hydroxyl groups is 1. The fourth-order valence-corrected chi connectivity index (χ4v) is 3.04. The normalized spacial score (nSPS) is 13.3. The molecule has 0 unspecified atom stereocenters. The van der Waals surface area contributed by atoms with Gasteiger partial charge in [-0.05, 0) is 56.2 Å². The van der Waals surface area contributed by atoms with Gasteiger partial charge in [0, 0.05) is 12.6 Å². The van der Waals surface area contributed by atoms with E-state index in [4.69, 9.17) is 14.2 Å². The van der Waals surface area contributed by atoms with E-state index in [0.29, 0.717) is 23.8 Å². The smallest absolute Gasteiger partial charge is 0.317 e. The molecule has 29 heavy (non-hydrogen) atoms. The third kappa shape index (κ3) is 5.77. The summed E-state index contributed by atoms with van der Waals surface area (Å²) in [6, 6.07) is 12.9. The fraction of sp³-hybridized carbons (Fsp3) is 0.409. The maximum Gasteiger partial charge on any atom is 0.317 e. The van der Waals surface area contributed by atoms with Crippen molar-refractivity contribution >= 4 is 6.03 Å². The lowest BCUT2D eigenvalue weighted by molar-refractivity contribution is 0.0689. The largest absolute Gasteiger partial charge is 0.491 e. The van der Waals surface area contributed by atoms with Gasteiger partial charge >= 0.3 is 6.03 Å². The van der Waals surface area contributed by atoms with Gasteiger partial charge < -0.3 is 29.5 Å². The van der Waals surface area contributed by atoms with Gasteiger partial charge in [0.1, 0.15) is 18.5 Å². The third-order valence-corrected chi connectivity index (χ3v) is 4.60. The number of carbonyl (C=O) groups is 1. The van der Waals surface area contributed by atoms with E-state index in [9.17, 15) is 9.90 Å². The van der Waals surface area contributed by atoms with Crippen LogP contribution in [0.2, 0.25) is 0 Å². The summed E-state index contributed by atoms with van der Waals surface area (Å²) in [5.74, 6) is 2.09. The summed E-state index contributed by atoms with van der Waals surface area (Å²) in [4.78, 5) is 14.2. The van der Waals surface area contributed by atoms with Crippen molar-refractivity contribution in [1.29, 1.82) is 0 Å². The Labute approximate surface area is 171 Å². The number of hydrogen-bond acceptors (Lipinski definition) is 5. The molecule has 0 saturated carbocycles. The highest BCUT2D eigenvalue weighted by Crippen LogP contribution is 2.32. The minimum absolute atomic E-state index is 0.0691. The van der Waals surface area contributed by atoms with Crippen LogP contribution in [0.5, 0.6) is 17.2 Å². The summed E-state index contributed by atoms with van der Waals surface area (Å²) < 4.78 is 16.3. The predicted molar refractivity (Wildman–Crippen MR) is 109 cm³/mol. The highest BCUT2D eigenvalue weighted by atomic mass is 16.7. The molecule has 2 N–H and O–H groups in total. The summed E-state index contributed by atoms with van der Waals surface area (Å²) in [5.41, 5.74) is 2.00. The second-order valence-electron chi connectivity index (χ2n) is 7.37. The number of nitrogens with zero attached hydrogens (tertiary/aromatic N) is 1. The van der Waals surface area contributed by atoms with Crippen LogP contribution in [0.4, 0.5) is 4.79 Å². The number of aliphatic hydroxyl groups excluding tert-OH is 1. The highest BCUT2D eigenvalue weighted by Gasteiger charge is 2.21. The monoisotopic (exact) mass is 400 g/mol. The van der Waals surface area contributed by atoms with E-state index in [1.54, 1.807) is 4.90 Å². The number of aryl methyl sites for hydroxylation is 1. The molecule has 1 aliphatic heterocycles. The molecule has 1 atom stereocenters. The van der Waals surface area contributed by atoms with Crippen molar-refractivity contribution in [2.24, 2.45) is 0 Å². The molecular formula is C22H28N2O5. The van der Waals surface area contributed by atoms with Gasteiger partial charge in [0.15, 0.2) is 11.5 Å². The second kappa shape index (κ2) is 9.52. The number of fused-ring (bicyclic) bond motifs is 1. The first-order chi connectivity index (χ1) is 13.9. The van der Waals surface area contributed by atoms with E-state index in [0.717, 1.165) is 11.1 Å². The van der Waals surface area contributed by atoms with E-state index in [-0.39, 0.29) is 32.0 Å². The molecule has 0 saturated heterocycles. The molecule has 7 heteroatoms. The number of benzene rings is 2. The fourth-order valence-electron chi connectivity index (χ4n) is 3.04. The van der Waals surface area contributed by atoms with Gasteiger partial charge in [-0.15, -0.1) is 0 Å². The van der Waals surface area contributed by atoms with Crippen molar-refractivity contribution in [3.05, 3.63) is 53.6 Å². The first-order valence-electron chi connectivity index (χ1n) is 9.73. The van der Waals surface area contributed by atoms with Crippen LogP contribution in [0.15, 0.2) is 42.5 Å². The van der Waals surface area contributed by atoms with E-state index < -0.39 is 6.10 Å². The summed E-state index contributed by atoms with van der Waals surface area (Å²) in [6.07, 6.45) is -0.797. The van der Waals surface area contributed by atoms with Crippen LogP contribution >= 0.6 is 0 Å². The molecule has 0 aliphatic carbocycles. The number of ether oxygens (including phenoxy) is 3. The molecule has 7 nitrogen and oxygen atoms in total. The lowest BCUT2D eigenvalue weighted by atomic mass is 10.2. The Bertz CT molecular complexity index is 840. The molecule has 156 valence electrons. The highest BCUT2D eigenvalue weighted by molar-refractivity contribution is 5.74. The summed E-state index contributed by atoms with van der Waals surface area (Å²) >= 11 is 0. The van der Waals surface area contributed by atoms with Crippen molar-refractivity contribution in [3.63, 3.8) is 0 Å². The van der Waals surface area contributed by atoms with Gasteiger partial charge in [0.25, 0.3) is 0 Å². The van der Waals surface area contributed by atoms with Crippen LogP contribution < -0.4 is 19.5 Å². The van der Waals surface area contributed by atoms with Crippen molar-refractivity contribution in [2.45, 2.75) is 39.5 Å². The van der Waals surface area contributed by atoms with Gasteiger partial charge in [-0.1, -0.05) is 18.2 Å². The molecule has 0 spiro atoms. The van der Waals surface area contributed by atoms with Gasteiger partial charge in [-0.3, -0.25) is 0 Å². The standard InChI is InChI=1S/C22H28N2O5/c1-15(2)24(12-18(25)13-27-19-6-4-5-16(3)9-19)22(26)23-11-17-7-8-20-21(10-17)29-14-28-20/h4-10,15,18,25H,11-14H2,1-3H3,(H,23,26)/t18-/m0/s1. The molecule has 0 fully saturated rings. The van der Waals surface area contributed by atoms with E-state index in [1.165, 1.54) is 0 Å². The van der Waals surface area contributed by atoms with Crippen LogP contribution in [0.25, 0.3) is 0 Å². The van der Waals surface area contributed by atoms with Gasteiger partial charge in [0.2, 0.25) is 6.79 Å². The zero-order valence-electron chi connectivity index (χ0n) is 17.1. The third-order valence-electron chi connectivity index (χ3n) is 4.60. The number of amides is 2. The molecular weight excluding hydrogens is 372 g/mol. The number of nitrogens with one attached hydrogen (secondary N) is 1. The minimum atomic E-state index is -0.797. The zero-order valence-corrected chi connectivity index (χ0v) is 17.1. The van der Waals surface area contributed by atoms with Crippen LogP contribution in [-0.2, 0) is 6.54 Å². The number of hydrogen-bond donors (Lipinski definition) is 2. The zero-order chi connectivity index (χ0) is 20.8. The maximum atomic E-state index is 12.7. The SMILES string of the molecule is Cc1cccc(OC[C@@H](O)CN(C(=O)NCc2ccc3c(c2)OCO3)C(C)C)c1. The topological polar surface area (TPSA) is 80.3 Å². The Morgan fingerprint density at radius 3 is 2.76 bits per heavy atom. The van der Waals surface area contributed by atoms with Crippen molar-refractivity contribution in [2.75, 3.05) is 19.9 Å². The molecule has 2 aromatic carbocycles. The van der Waals surface area contributed by atoms with Gasteiger partial charge in [-0.2, -0.15) is 0 Å². The molecule has 0 bridgehead atoms. The van der Waals surface area contributed by atoms with Crippen LogP contribution in [0.1, 0.15) is 25.0 Å². The minimum Gasteiger partial charge on any atom is -0.491 e. The van der Waals surface area contributed by atoms with E-state index in [1.807, 2.05) is 63.2 Å². The van der Waals surface area contributed by atoms with Crippen LogP contribution in [0.3, 0.4) is 0 Å². The Kier molecular flexibility index (Phi) is 6.82. The molecule has 0 aromatic heterocycles. The van der Waals surface area contributed by atoms with E-state index >= 15 is 0 Å². The number of carbonyl (C=O) groups excluding carboxylic acids is 1. The summed E-state index contributed by atoms with van der Waals surface area (Å²) in [7, 11) is 0. The molecule has 2 amide bonds. The Balaban J connectivity index is 1.50. The molecule has 0 radical (unpaired) electrons. The van der Waals surface area contributed by atoms with Crippen molar-refractivity contribution < 1.29 is 24.1 Å². The average Bonchev–Trinajstić information content (AvgIpc) is 3.16. The molecule has 1 heterocycles. The quantitative estimate of drug-likeness (QED) is 0.712. The number of rotatable bonds is 8. The first-order valence-corrected chi connectivity index (χ1v) is 9.73. The summed E-state index contributed by atoms with van der Waals surface area (Å²) in [5, 5.41) is 13.3. The summed E-state index contributed by atoms with van der Waals surface area (Å²) in [6.45, 7) is 6.67. The van der Waals surface area contributed by atoms with Crippen LogP contribution in [0, 0.1) is 6.92 Å². The van der Waals surface area contributed by atoms with Crippen LogP contribution in [-0.4, -0.2) is 48.1 Å². The van der Waals surface area contributed by atoms with Gasteiger partial charge in [-0.25, -0.2) is 4.79 Å². The Hall–Kier alpha value is -2.93. The lowest BCUT2D eigenvalue weighted by Gasteiger charge is -2.29. The van der Waals surface area contributed by atoms with Crippen molar-refractivity contribution in [1.82, 2.24) is 10.2 Å². The number of urea groups is 1. The first kappa shape index (κ1) is 20.8. The lowest BCUT2D eigenvalue weighted by Crippen LogP contribution is -2.48. The Morgan fingerprint density at radius 2 is 2.00 bits per heavy atom. The Morgan fingerprint density at radius 1 is 1.21 bits per heavy atom. The second-order valence-corrected chi connectivity index (χ2v) is 7.37. The van der Waals surface area contributed by atoms with E-state index in [2.05, 4.69) is 5.32 Å². The average molecular weight is 400 g/mol. The molecule has 3 rings (SSSR count). The molecule has 2 aromatic rings.